The summed E-state index contributed by atoms with van der Waals surface area (Å²) in [6, 6.07) is 22.0. The van der Waals surface area contributed by atoms with E-state index in [2.05, 4.69) is 15.8 Å². The molecule has 8 heteroatoms. The van der Waals surface area contributed by atoms with Crippen molar-refractivity contribution in [2.45, 2.75) is 19.4 Å². The summed E-state index contributed by atoms with van der Waals surface area (Å²) < 4.78 is 16.0. The third kappa shape index (κ3) is 7.89. The third-order valence-electron chi connectivity index (χ3n) is 5.14. The lowest BCUT2D eigenvalue weighted by Crippen LogP contribution is -2.31. The summed E-state index contributed by atoms with van der Waals surface area (Å²) in [6.45, 7) is 1.84. The molecule has 2 amide bonds. The van der Waals surface area contributed by atoms with Crippen LogP contribution in [0.25, 0.3) is 0 Å². The molecule has 0 aliphatic carbocycles. The number of nitrogens with zero attached hydrogens (tertiary/aromatic N) is 1. The number of nitrogens with one attached hydrogen (secondary N) is 2. The van der Waals surface area contributed by atoms with Gasteiger partial charge in [0.15, 0.2) is 18.1 Å². The van der Waals surface area contributed by atoms with Gasteiger partial charge in [0.1, 0.15) is 5.75 Å². The van der Waals surface area contributed by atoms with Gasteiger partial charge < -0.3 is 19.5 Å². The average Bonchev–Trinajstić information content (AvgIpc) is 2.88. The summed E-state index contributed by atoms with van der Waals surface area (Å²) in [5.41, 5.74) is 5.08. The first-order chi connectivity index (χ1) is 17.0. The van der Waals surface area contributed by atoms with Crippen molar-refractivity contribution in [1.29, 1.82) is 0 Å². The molecule has 3 rings (SSSR count). The predicted octanol–water partition coefficient (Wildman–Crippen LogP) is 3.65. The minimum atomic E-state index is -0.260. The Morgan fingerprint density at radius 3 is 2.31 bits per heavy atom. The van der Waals surface area contributed by atoms with Gasteiger partial charge in [0, 0.05) is 0 Å². The lowest BCUT2D eigenvalue weighted by atomic mass is 10.1. The first kappa shape index (κ1) is 25.3. The molecule has 3 aromatic carbocycles. The van der Waals surface area contributed by atoms with Crippen LogP contribution in [0, 0.1) is 0 Å². The number of ether oxygens (including phenoxy) is 3. The van der Waals surface area contributed by atoms with Gasteiger partial charge in [0.05, 0.1) is 32.9 Å². The second-order valence-corrected chi connectivity index (χ2v) is 7.72. The van der Waals surface area contributed by atoms with E-state index in [-0.39, 0.29) is 30.9 Å². The topological polar surface area (TPSA) is 98.3 Å². The average molecular weight is 476 g/mol. The van der Waals surface area contributed by atoms with Crippen molar-refractivity contribution >= 4 is 18.0 Å². The number of hydrogen-bond donors (Lipinski definition) is 2. The molecular formula is C27H29N3O5. The van der Waals surface area contributed by atoms with Crippen molar-refractivity contribution in [1.82, 2.24) is 10.7 Å². The van der Waals surface area contributed by atoms with E-state index in [1.165, 1.54) is 6.21 Å². The number of amides is 2. The van der Waals surface area contributed by atoms with E-state index in [0.29, 0.717) is 17.2 Å². The molecule has 3 aromatic rings. The second kappa shape index (κ2) is 12.8. The largest absolute Gasteiger partial charge is 0.493 e. The molecular weight excluding hydrogens is 446 g/mol. The SMILES string of the molecule is COc1ccc(CC(=O)N/N=C/c2ccc(OCC(=O)N[C@H](C)c3ccccc3)cc2)cc1OC. The zero-order valence-corrected chi connectivity index (χ0v) is 20.0. The van der Waals surface area contributed by atoms with Gasteiger partial charge in [-0.1, -0.05) is 36.4 Å². The molecule has 0 aliphatic rings. The van der Waals surface area contributed by atoms with Gasteiger partial charge >= 0.3 is 0 Å². The highest BCUT2D eigenvalue weighted by atomic mass is 16.5. The maximum Gasteiger partial charge on any atom is 0.258 e. The fourth-order valence-corrected chi connectivity index (χ4v) is 3.30. The number of carbonyl (C=O) groups excluding carboxylic acids is 2. The first-order valence-corrected chi connectivity index (χ1v) is 11.1. The number of benzene rings is 3. The van der Waals surface area contributed by atoms with E-state index in [4.69, 9.17) is 14.2 Å². The Morgan fingerprint density at radius 1 is 0.914 bits per heavy atom. The summed E-state index contributed by atoms with van der Waals surface area (Å²) >= 11 is 0. The Hall–Kier alpha value is -4.33. The van der Waals surface area contributed by atoms with Gasteiger partial charge in [-0.3, -0.25) is 9.59 Å². The first-order valence-electron chi connectivity index (χ1n) is 11.1. The minimum absolute atomic E-state index is 0.0865. The molecule has 0 saturated carbocycles. The van der Waals surface area contributed by atoms with Gasteiger partial charge in [-0.15, -0.1) is 0 Å². The molecule has 35 heavy (non-hydrogen) atoms. The molecule has 0 fully saturated rings. The molecule has 0 spiro atoms. The van der Waals surface area contributed by atoms with Gasteiger partial charge in [-0.05, 0) is 60.0 Å². The van der Waals surface area contributed by atoms with E-state index < -0.39 is 0 Å². The highest BCUT2D eigenvalue weighted by Crippen LogP contribution is 2.27. The van der Waals surface area contributed by atoms with Crippen molar-refractivity contribution in [3.63, 3.8) is 0 Å². The number of hydrazone groups is 1. The maximum absolute atomic E-state index is 12.2. The Kier molecular flexibility index (Phi) is 9.24. The molecule has 0 saturated heterocycles. The summed E-state index contributed by atoms with van der Waals surface area (Å²) in [4.78, 5) is 24.3. The molecule has 182 valence electrons. The number of hydrogen-bond acceptors (Lipinski definition) is 6. The van der Waals surface area contributed by atoms with Crippen LogP contribution in [0.15, 0.2) is 77.9 Å². The molecule has 0 unspecified atom stereocenters. The van der Waals surface area contributed by atoms with Crippen molar-refractivity contribution in [3.8, 4) is 17.2 Å². The molecule has 0 heterocycles. The number of methoxy groups -OCH3 is 2. The molecule has 8 nitrogen and oxygen atoms in total. The van der Waals surface area contributed by atoms with Gasteiger partial charge in [-0.2, -0.15) is 5.10 Å². The summed E-state index contributed by atoms with van der Waals surface area (Å²) in [5, 5.41) is 6.90. The zero-order valence-electron chi connectivity index (χ0n) is 20.0. The normalized spacial score (nSPS) is 11.5. The molecule has 1 atom stereocenters. The molecule has 0 aromatic heterocycles. The second-order valence-electron chi connectivity index (χ2n) is 7.72. The predicted molar refractivity (Wildman–Crippen MR) is 134 cm³/mol. The lowest BCUT2D eigenvalue weighted by Gasteiger charge is -2.14. The summed E-state index contributed by atoms with van der Waals surface area (Å²) in [7, 11) is 3.10. The van der Waals surface area contributed by atoms with Crippen molar-refractivity contribution < 1.29 is 23.8 Å². The maximum atomic E-state index is 12.2. The Balaban J connectivity index is 1.43. The van der Waals surface area contributed by atoms with Crippen LogP contribution in [0.1, 0.15) is 29.7 Å². The van der Waals surface area contributed by atoms with Gasteiger partial charge in [0.25, 0.3) is 5.91 Å². The quantitative estimate of drug-likeness (QED) is 0.326. The van der Waals surface area contributed by atoms with Gasteiger partial charge in [-0.25, -0.2) is 5.43 Å². The minimum Gasteiger partial charge on any atom is -0.493 e. The third-order valence-corrected chi connectivity index (χ3v) is 5.14. The Bertz CT molecular complexity index is 1150. The summed E-state index contributed by atoms with van der Waals surface area (Å²) in [5.74, 6) is 1.26. The number of carbonyl (C=O) groups is 2. The van der Waals surface area contributed by atoms with E-state index in [1.807, 2.05) is 37.3 Å². The van der Waals surface area contributed by atoms with Crippen LogP contribution < -0.4 is 25.0 Å². The smallest absolute Gasteiger partial charge is 0.258 e. The van der Waals surface area contributed by atoms with Crippen LogP contribution in [0.4, 0.5) is 0 Å². The molecule has 0 radical (unpaired) electrons. The lowest BCUT2D eigenvalue weighted by molar-refractivity contribution is -0.123. The Morgan fingerprint density at radius 2 is 1.63 bits per heavy atom. The van der Waals surface area contributed by atoms with Crippen LogP contribution in [-0.2, 0) is 16.0 Å². The highest BCUT2D eigenvalue weighted by Gasteiger charge is 2.10. The Labute approximate surface area is 204 Å². The van der Waals surface area contributed by atoms with E-state index >= 15 is 0 Å². The van der Waals surface area contributed by atoms with Crippen molar-refractivity contribution in [2.75, 3.05) is 20.8 Å². The van der Waals surface area contributed by atoms with Crippen LogP contribution in [0.2, 0.25) is 0 Å². The van der Waals surface area contributed by atoms with E-state index in [1.54, 1.807) is 56.7 Å². The van der Waals surface area contributed by atoms with Crippen molar-refractivity contribution in [3.05, 3.63) is 89.5 Å². The van der Waals surface area contributed by atoms with Gasteiger partial charge in [0.2, 0.25) is 5.91 Å². The fraction of sp³-hybridized carbons (Fsp3) is 0.222. The summed E-state index contributed by atoms with van der Waals surface area (Å²) in [6.07, 6.45) is 1.68. The van der Waals surface area contributed by atoms with Crippen LogP contribution in [-0.4, -0.2) is 38.9 Å². The highest BCUT2D eigenvalue weighted by molar-refractivity contribution is 5.83. The monoisotopic (exact) mass is 475 g/mol. The van der Waals surface area contributed by atoms with E-state index in [0.717, 1.165) is 16.7 Å². The van der Waals surface area contributed by atoms with Crippen molar-refractivity contribution in [2.24, 2.45) is 5.10 Å². The molecule has 2 N–H and O–H groups in total. The fourth-order valence-electron chi connectivity index (χ4n) is 3.30. The standard InChI is InChI=1S/C27H29N3O5/c1-19(22-7-5-4-6-8-22)29-27(32)18-35-23-12-9-20(10-13-23)17-28-30-26(31)16-21-11-14-24(33-2)25(15-21)34-3/h4-15,17,19H,16,18H2,1-3H3,(H,29,32)(H,30,31)/b28-17+/t19-/m1/s1. The zero-order chi connectivity index (χ0) is 25.0. The molecule has 0 aliphatic heterocycles. The van der Waals surface area contributed by atoms with Crippen LogP contribution in [0.5, 0.6) is 17.2 Å². The van der Waals surface area contributed by atoms with Crippen LogP contribution >= 0.6 is 0 Å². The molecule has 0 bridgehead atoms. The van der Waals surface area contributed by atoms with E-state index in [9.17, 15) is 9.59 Å². The van der Waals surface area contributed by atoms with Crippen LogP contribution in [0.3, 0.4) is 0 Å². The number of rotatable bonds is 11.